The van der Waals surface area contributed by atoms with Crippen molar-refractivity contribution < 1.29 is 4.79 Å². The van der Waals surface area contributed by atoms with E-state index in [0.717, 1.165) is 5.82 Å². The maximum absolute atomic E-state index is 12.5. The second-order valence-electron chi connectivity index (χ2n) is 5.38. The molecule has 0 aromatic carbocycles. The highest BCUT2D eigenvalue weighted by Gasteiger charge is 2.26. The van der Waals surface area contributed by atoms with Crippen LogP contribution in [-0.2, 0) is 4.79 Å². The van der Waals surface area contributed by atoms with Crippen LogP contribution in [0.25, 0.3) is 0 Å². The maximum atomic E-state index is 12.5. The predicted molar refractivity (Wildman–Crippen MR) is 82.5 cm³/mol. The van der Waals surface area contributed by atoms with E-state index >= 15 is 0 Å². The van der Waals surface area contributed by atoms with Crippen LogP contribution in [0, 0.1) is 11.3 Å². The summed E-state index contributed by atoms with van der Waals surface area (Å²) in [4.78, 5) is 24.6. The van der Waals surface area contributed by atoms with Crippen molar-refractivity contribution in [2.24, 2.45) is 0 Å². The number of carbonyl (C=O) groups is 1. The Balaban J connectivity index is 1.62. The Kier molecular flexibility index (Phi) is 4.19. The highest BCUT2D eigenvalue weighted by Crippen LogP contribution is 2.16. The quantitative estimate of drug-likeness (QED) is 0.817. The zero-order chi connectivity index (χ0) is 16.2. The Morgan fingerprint density at radius 3 is 2.78 bits per heavy atom. The van der Waals surface area contributed by atoms with Gasteiger partial charge in [-0.1, -0.05) is 0 Å². The minimum absolute atomic E-state index is 0.0360. The Morgan fingerprint density at radius 2 is 2.13 bits per heavy atom. The normalized spacial score (nSPS) is 16.0. The van der Waals surface area contributed by atoms with Crippen LogP contribution in [0.1, 0.15) is 18.5 Å². The molecule has 8 heteroatoms. The van der Waals surface area contributed by atoms with Gasteiger partial charge in [-0.2, -0.15) is 10.4 Å². The number of aromatic nitrogens is 4. The van der Waals surface area contributed by atoms with E-state index < -0.39 is 0 Å². The molecular formula is C15H17N7O. The molecule has 2 aromatic rings. The number of amides is 1. The van der Waals surface area contributed by atoms with E-state index in [1.807, 2.05) is 11.8 Å². The van der Waals surface area contributed by atoms with Gasteiger partial charge in [-0.05, 0) is 19.1 Å². The van der Waals surface area contributed by atoms with Crippen LogP contribution in [0.3, 0.4) is 0 Å². The second kappa shape index (κ2) is 6.44. The average Bonchev–Trinajstić information content (AvgIpc) is 3.15. The lowest BCUT2D eigenvalue weighted by Crippen LogP contribution is -2.50. The van der Waals surface area contributed by atoms with Crippen molar-refractivity contribution in [1.82, 2.24) is 24.6 Å². The minimum Gasteiger partial charge on any atom is -0.353 e. The molecule has 1 aliphatic heterocycles. The third-order valence-corrected chi connectivity index (χ3v) is 3.98. The highest BCUT2D eigenvalue weighted by atomic mass is 16.2. The van der Waals surface area contributed by atoms with E-state index in [1.165, 1.54) is 6.33 Å². The molecule has 1 aliphatic rings. The molecule has 0 N–H and O–H groups in total. The fraction of sp³-hybridized carbons (Fsp3) is 0.400. The molecule has 2 aromatic heterocycles. The third-order valence-electron chi connectivity index (χ3n) is 3.98. The lowest BCUT2D eigenvalue weighted by Gasteiger charge is -2.36. The van der Waals surface area contributed by atoms with Crippen LogP contribution < -0.4 is 4.90 Å². The number of piperazine rings is 1. The Hall–Kier alpha value is -2.95. The van der Waals surface area contributed by atoms with Gasteiger partial charge in [0.05, 0.1) is 11.6 Å². The van der Waals surface area contributed by atoms with E-state index in [-0.39, 0.29) is 11.9 Å². The highest BCUT2D eigenvalue weighted by molar-refractivity contribution is 5.80. The standard InChI is InChI=1S/C15H17N7O/c1-12(22-11-17-10-19-22)15(23)21-6-4-20(5-7-21)14-8-13(9-16)2-3-18-14/h2-3,8,10-12H,4-7H2,1H3. The molecule has 118 valence electrons. The van der Waals surface area contributed by atoms with Gasteiger partial charge in [0, 0.05) is 32.4 Å². The summed E-state index contributed by atoms with van der Waals surface area (Å²) in [5.74, 6) is 0.814. The largest absolute Gasteiger partial charge is 0.353 e. The number of nitriles is 1. The Labute approximate surface area is 134 Å². The molecule has 23 heavy (non-hydrogen) atoms. The molecule has 1 saturated heterocycles. The SMILES string of the molecule is CC(C(=O)N1CCN(c2cc(C#N)ccn2)CC1)n1cncn1. The van der Waals surface area contributed by atoms with Crippen molar-refractivity contribution in [1.29, 1.82) is 5.26 Å². The van der Waals surface area contributed by atoms with Gasteiger partial charge in [0.1, 0.15) is 24.5 Å². The van der Waals surface area contributed by atoms with Gasteiger partial charge in [-0.25, -0.2) is 14.6 Å². The number of nitrogens with zero attached hydrogens (tertiary/aromatic N) is 7. The van der Waals surface area contributed by atoms with Gasteiger partial charge in [-0.15, -0.1) is 0 Å². The summed E-state index contributed by atoms with van der Waals surface area (Å²) in [7, 11) is 0. The van der Waals surface area contributed by atoms with Crippen LogP contribution in [0.2, 0.25) is 0 Å². The fourth-order valence-corrected chi connectivity index (χ4v) is 2.61. The molecule has 0 bridgehead atoms. The van der Waals surface area contributed by atoms with Gasteiger partial charge >= 0.3 is 0 Å². The van der Waals surface area contributed by atoms with Crippen molar-refractivity contribution >= 4 is 11.7 Å². The molecule has 1 amide bonds. The van der Waals surface area contributed by atoms with Crippen LogP contribution >= 0.6 is 0 Å². The third kappa shape index (κ3) is 3.13. The number of carbonyl (C=O) groups excluding carboxylic acids is 1. The van der Waals surface area contributed by atoms with E-state index in [2.05, 4.69) is 26.0 Å². The van der Waals surface area contributed by atoms with Crippen molar-refractivity contribution in [3.63, 3.8) is 0 Å². The van der Waals surface area contributed by atoms with Gasteiger partial charge in [0.15, 0.2) is 0 Å². The predicted octanol–water partition coefficient (Wildman–Crippen LogP) is 0.455. The summed E-state index contributed by atoms with van der Waals surface area (Å²) >= 11 is 0. The summed E-state index contributed by atoms with van der Waals surface area (Å²) in [6.07, 6.45) is 4.61. The monoisotopic (exact) mass is 311 g/mol. The number of pyridine rings is 1. The number of hydrogen-bond donors (Lipinski definition) is 0. The fourth-order valence-electron chi connectivity index (χ4n) is 2.61. The molecule has 0 saturated carbocycles. The molecule has 8 nitrogen and oxygen atoms in total. The van der Waals surface area contributed by atoms with Gasteiger partial charge in [0.25, 0.3) is 0 Å². The summed E-state index contributed by atoms with van der Waals surface area (Å²) < 4.78 is 1.56. The average molecular weight is 311 g/mol. The summed E-state index contributed by atoms with van der Waals surface area (Å²) in [6, 6.07) is 5.22. The van der Waals surface area contributed by atoms with Crippen LogP contribution in [0.15, 0.2) is 31.0 Å². The molecule has 0 spiro atoms. The smallest absolute Gasteiger partial charge is 0.247 e. The van der Waals surface area contributed by atoms with E-state index in [0.29, 0.717) is 31.7 Å². The first kappa shape index (κ1) is 15.0. The summed E-state index contributed by atoms with van der Waals surface area (Å²) in [5.41, 5.74) is 0.591. The van der Waals surface area contributed by atoms with Crippen LogP contribution in [0.4, 0.5) is 5.82 Å². The minimum atomic E-state index is -0.357. The molecule has 1 unspecified atom stereocenters. The number of rotatable bonds is 3. The molecule has 3 heterocycles. The summed E-state index contributed by atoms with van der Waals surface area (Å²) in [6.45, 7) is 4.45. The lowest BCUT2D eigenvalue weighted by molar-refractivity contribution is -0.134. The molecule has 3 rings (SSSR count). The maximum Gasteiger partial charge on any atom is 0.247 e. The zero-order valence-corrected chi connectivity index (χ0v) is 12.8. The molecule has 1 fully saturated rings. The van der Waals surface area contributed by atoms with Crippen molar-refractivity contribution in [3.05, 3.63) is 36.5 Å². The van der Waals surface area contributed by atoms with E-state index in [9.17, 15) is 4.79 Å². The van der Waals surface area contributed by atoms with Gasteiger partial charge in [-0.3, -0.25) is 4.79 Å². The Bertz CT molecular complexity index is 714. The zero-order valence-electron chi connectivity index (χ0n) is 12.8. The summed E-state index contributed by atoms with van der Waals surface area (Å²) in [5, 5.41) is 13.0. The second-order valence-corrected chi connectivity index (χ2v) is 5.38. The topological polar surface area (TPSA) is 90.9 Å². The molecule has 0 aliphatic carbocycles. The molecule has 0 radical (unpaired) electrons. The van der Waals surface area contributed by atoms with Gasteiger partial charge < -0.3 is 9.80 Å². The Morgan fingerprint density at radius 1 is 1.35 bits per heavy atom. The number of hydrogen-bond acceptors (Lipinski definition) is 6. The van der Waals surface area contributed by atoms with E-state index in [4.69, 9.17) is 5.26 Å². The molecule has 1 atom stereocenters. The first-order valence-electron chi connectivity index (χ1n) is 7.43. The van der Waals surface area contributed by atoms with Crippen LogP contribution in [0.5, 0.6) is 0 Å². The van der Waals surface area contributed by atoms with Crippen LogP contribution in [-0.4, -0.2) is 56.7 Å². The van der Waals surface area contributed by atoms with Crippen molar-refractivity contribution in [3.8, 4) is 6.07 Å². The first-order chi connectivity index (χ1) is 11.2. The lowest BCUT2D eigenvalue weighted by atomic mass is 10.2. The van der Waals surface area contributed by atoms with Crippen molar-refractivity contribution in [2.75, 3.05) is 31.1 Å². The van der Waals surface area contributed by atoms with Gasteiger partial charge in [0.2, 0.25) is 5.91 Å². The van der Waals surface area contributed by atoms with E-state index in [1.54, 1.807) is 29.3 Å². The first-order valence-corrected chi connectivity index (χ1v) is 7.43. The number of anilines is 1. The van der Waals surface area contributed by atoms with Crippen molar-refractivity contribution in [2.45, 2.75) is 13.0 Å². The molecular weight excluding hydrogens is 294 g/mol.